The van der Waals surface area contributed by atoms with Crippen LogP contribution >= 0.6 is 0 Å². The average molecular weight is 307 g/mol. The minimum Gasteiger partial charge on any atom is -0.454 e. The summed E-state index contributed by atoms with van der Waals surface area (Å²) >= 11 is 0. The summed E-state index contributed by atoms with van der Waals surface area (Å²) in [6, 6.07) is 8.94. The Morgan fingerprint density at radius 2 is 2.00 bits per heavy atom. The molecule has 0 aliphatic carbocycles. The lowest BCUT2D eigenvalue weighted by Gasteiger charge is -2.13. The highest BCUT2D eigenvalue weighted by atomic mass is 19.2. The number of para-hydroxylation sites is 1. The van der Waals surface area contributed by atoms with Crippen LogP contribution in [0.25, 0.3) is 0 Å². The van der Waals surface area contributed by atoms with E-state index in [4.69, 9.17) is 9.47 Å². The molecule has 1 heterocycles. The average Bonchev–Trinajstić information content (AvgIpc) is 2.99. The van der Waals surface area contributed by atoms with Gasteiger partial charge in [0.05, 0.1) is 6.10 Å². The third-order valence-corrected chi connectivity index (χ3v) is 3.46. The number of nitrogens with one attached hydrogen (secondary N) is 1. The van der Waals surface area contributed by atoms with Gasteiger partial charge in [-0.3, -0.25) is 0 Å². The standard InChI is InChI=1S/C16H15F2NO3/c17-12-5-4-10(6-13(12)18)14(20)8-19-7-11-2-1-3-15-16(11)22-9-21-15/h1-6,14,19-20H,7-9H2/t14-/m1/s1. The van der Waals surface area contributed by atoms with Crippen molar-refractivity contribution in [3.63, 3.8) is 0 Å². The van der Waals surface area contributed by atoms with E-state index in [9.17, 15) is 13.9 Å². The topological polar surface area (TPSA) is 50.7 Å². The van der Waals surface area contributed by atoms with E-state index < -0.39 is 17.7 Å². The molecule has 4 nitrogen and oxygen atoms in total. The van der Waals surface area contributed by atoms with Crippen LogP contribution in [0.15, 0.2) is 36.4 Å². The van der Waals surface area contributed by atoms with Gasteiger partial charge in [0, 0.05) is 18.7 Å². The Morgan fingerprint density at radius 1 is 1.14 bits per heavy atom. The number of hydrogen-bond donors (Lipinski definition) is 2. The zero-order valence-electron chi connectivity index (χ0n) is 11.7. The molecule has 116 valence electrons. The normalized spacial score (nSPS) is 14.1. The summed E-state index contributed by atoms with van der Waals surface area (Å²) in [5, 5.41) is 13.1. The molecule has 0 radical (unpaired) electrons. The second-order valence-electron chi connectivity index (χ2n) is 4.97. The van der Waals surface area contributed by atoms with E-state index in [0.717, 1.165) is 17.7 Å². The molecule has 22 heavy (non-hydrogen) atoms. The van der Waals surface area contributed by atoms with Gasteiger partial charge in [-0.25, -0.2) is 8.78 Å². The van der Waals surface area contributed by atoms with Crippen molar-refractivity contribution in [3.8, 4) is 11.5 Å². The van der Waals surface area contributed by atoms with E-state index in [-0.39, 0.29) is 13.3 Å². The highest BCUT2D eigenvalue weighted by Gasteiger charge is 2.17. The summed E-state index contributed by atoms with van der Waals surface area (Å²) in [5.74, 6) is -0.512. The third kappa shape index (κ3) is 3.03. The Bertz CT molecular complexity index is 678. The van der Waals surface area contributed by atoms with Gasteiger partial charge in [0.1, 0.15) is 0 Å². The molecule has 0 unspecified atom stereocenters. The number of halogens is 2. The SMILES string of the molecule is O[C@H](CNCc1cccc2c1OCO2)c1ccc(F)c(F)c1. The molecule has 6 heteroatoms. The molecule has 0 saturated heterocycles. The molecular formula is C16H15F2NO3. The number of rotatable bonds is 5. The maximum Gasteiger partial charge on any atom is 0.231 e. The van der Waals surface area contributed by atoms with Crippen molar-refractivity contribution in [1.82, 2.24) is 5.32 Å². The smallest absolute Gasteiger partial charge is 0.231 e. The van der Waals surface area contributed by atoms with Crippen LogP contribution in [-0.4, -0.2) is 18.4 Å². The van der Waals surface area contributed by atoms with Gasteiger partial charge >= 0.3 is 0 Å². The van der Waals surface area contributed by atoms with E-state index in [0.29, 0.717) is 23.6 Å². The summed E-state index contributed by atoms with van der Waals surface area (Å²) in [7, 11) is 0. The van der Waals surface area contributed by atoms with Crippen molar-refractivity contribution >= 4 is 0 Å². The molecule has 0 spiro atoms. The van der Waals surface area contributed by atoms with Gasteiger partial charge in [-0.2, -0.15) is 0 Å². The van der Waals surface area contributed by atoms with Crippen molar-refractivity contribution in [2.24, 2.45) is 0 Å². The Kier molecular flexibility index (Phi) is 4.22. The monoisotopic (exact) mass is 307 g/mol. The zero-order chi connectivity index (χ0) is 15.5. The summed E-state index contributed by atoms with van der Waals surface area (Å²) in [5.41, 5.74) is 1.23. The van der Waals surface area contributed by atoms with Crippen molar-refractivity contribution in [2.45, 2.75) is 12.6 Å². The Balaban J connectivity index is 1.59. The van der Waals surface area contributed by atoms with Gasteiger partial charge in [0.15, 0.2) is 23.1 Å². The molecule has 0 aromatic heterocycles. The number of ether oxygens (including phenoxy) is 2. The van der Waals surface area contributed by atoms with E-state index in [1.807, 2.05) is 18.2 Å². The van der Waals surface area contributed by atoms with Crippen LogP contribution in [0.3, 0.4) is 0 Å². The predicted molar refractivity (Wildman–Crippen MR) is 75.6 cm³/mol. The highest BCUT2D eigenvalue weighted by Crippen LogP contribution is 2.35. The fourth-order valence-corrected chi connectivity index (χ4v) is 2.31. The van der Waals surface area contributed by atoms with Crippen LogP contribution in [0.2, 0.25) is 0 Å². The second-order valence-corrected chi connectivity index (χ2v) is 4.97. The molecule has 1 aliphatic rings. The largest absolute Gasteiger partial charge is 0.454 e. The Labute approximate surface area is 126 Å². The van der Waals surface area contributed by atoms with Crippen LogP contribution in [0.5, 0.6) is 11.5 Å². The summed E-state index contributed by atoms with van der Waals surface area (Å²) < 4.78 is 36.7. The lowest BCUT2D eigenvalue weighted by atomic mass is 10.1. The van der Waals surface area contributed by atoms with Gasteiger partial charge in [-0.05, 0) is 23.8 Å². The fourth-order valence-electron chi connectivity index (χ4n) is 2.31. The number of hydrogen-bond acceptors (Lipinski definition) is 4. The maximum atomic E-state index is 13.1. The highest BCUT2D eigenvalue weighted by molar-refractivity contribution is 5.48. The Morgan fingerprint density at radius 3 is 2.82 bits per heavy atom. The first-order valence-corrected chi connectivity index (χ1v) is 6.86. The Hall–Kier alpha value is -2.18. The third-order valence-electron chi connectivity index (χ3n) is 3.46. The van der Waals surface area contributed by atoms with Crippen molar-refractivity contribution in [2.75, 3.05) is 13.3 Å². The molecule has 2 aromatic rings. The molecule has 2 aromatic carbocycles. The first-order chi connectivity index (χ1) is 10.6. The van der Waals surface area contributed by atoms with Gasteiger partial charge in [-0.1, -0.05) is 18.2 Å². The van der Waals surface area contributed by atoms with E-state index >= 15 is 0 Å². The minimum absolute atomic E-state index is 0.198. The van der Waals surface area contributed by atoms with Crippen LogP contribution in [0, 0.1) is 11.6 Å². The molecule has 0 fully saturated rings. The molecule has 3 rings (SSSR count). The molecule has 0 bridgehead atoms. The predicted octanol–water partition coefficient (Wildman–Crippen LogP) is 2.52. The molecule has 1 aliphatic heterocycles. The number of aliphatic hydroxyl groups is 1. The summed E-state index contributed by atoms with van der Waals surface area (Å²) in [6.45, 7) is 0.868. The lowest BCUT2D eigenvalue weighted by Crippen LogP contribution is -2.21. The van der Waals surface area contributed by atoms with Gasteiger partial charge in [-0.15, -0.1) is 0 Å². The van der Waals surface area contributed by atoms with Crippen molar-refractivity contribution < 1.29 is 23.4 Å². The van der Waals surface area contributed by atoms with Crippen LogP contribution < -0.4 is 14.8 Å². The number of benzene rings is 2. The molecular weight excluding hydrogens is 292 g/mol. The van der Waals surface area contributed by atoms with Crippen molar-refractivity contribution in [3.05, 3.63) is 59.2 Å². The number of fused-ring (bicyclic) bond motifs is 1. The van der Waals surface area contributed by atoms with Gasteiger partial charge < -0.3 is 19.9 Å². The quantitative estimate of drug-likeness (QED) is 0.891. The first kappa shape index (κ1) is 14.7. The zero-order valence-corrected chi connectivity index (χ0v) is 11.7. The van der Waals surface area contributed by atoms with Crippen LogP contribution in [-0.2, 0) is 6.54 Å². The first-order valence-electron chi connectivity index (χ1n) is 6.86. The van der Waals surface area contributed by atoms with Crippen LogP contribution in [0.4, 0.5) is 8.78 Å². The summed E-state index contributed by atoms with van der Waals surface area (Å²) in [4.78, 5) is 0. The molecule has 0 amide bonds. The van der Waals surface area contributed by atoms with E-state index in [1.54, 1.807) is 0 Å². The lowest BCUT2D eigenvalue weighted by molar-refractivity contribution is 0.170. The number of aliphatic hydroxyl groups excluding tert-OH is 1. The molecule has 0 saturated carbocycles. The summed E-state index contributed by atoms with van der Waals surface area (Å²) in [6.07, 6.45) is -0.927. The second kappa shape index (κ2) is 6.29. The fraction of sp³-hybridized carbons (Fsp3) is 0.250. The van der Waals surface area contributed by atoms with Crippen LogP contribution in [0.1, 0.15) is 17.2 Å². The van der Waals surface area contributed by atoms with Gasteiger partial charge in [0.2, 0.25) is 6.79 Å². The van der Waals surface area contributed by atoms with E-state index in [1.165, 1.54) is 6.07 Å². The van der Waals surface area contributed by atoms with Crippen molar-refractivity contribution in [1.29, 1.82) is 0 Å². The maximum absolute atomic E-state index is 13.1. The molecule has 1 atom stereocenters. The molecule has 2 N–H and O–H groups in total. The van der Waals surface area contributed by atoms with Gasteiger partial charge in [0.25, 0.3) is 0 Å². The van der Waals surface area contributed by atoms with E-state index in [2.05, 4.69) is 5.32 Å². The minimum atomic E-state index is -0.969.